The first-order valence-corrected chi connectivity index (χ1v) is 6.63. The van der Waals surface area contributed by atoms with Gasteiger partial charge in [-0.15, -0.1) is 0 Å². The van der Waals surface area contributed by atoms with Crippen molar-refractivity contribution in [2.24, 2.45) is 0 Å². The molecule has 1 aromatic heterocycles. The van der Waals surface area contributed by atoms with E-state index in [1.54, 1.807) is 24.3 Å². The number of benzene rings is 2. The van der Waals surface area contributed by atoms with Gasteiger partial charge >= 0.3 is 5.97 Å². The van der Waals surface area contributed by atoms with Crippen molar-refractivity contribution in [3.8, 4) is 17.0 Å². The van der Waals surface area contributed by atoms with E-state index in [1.807, 2.05) is 0 Å². The van der Waals surface area contributed by atoms with Gasteiger partial charge in [-0.05, 0) is 24.3 Å². The number of halogens is 2. The van der Waals surface area contributed by atoms with Gasteiger partial charge in [0.25, 0.3) is 0 Å². The number of hydrogen-bond donors (Lipinski definition) is 0. The summed E-state index contributed by atoms with van der Waals surface area (Å²) in [4.78, 5) is 20.0. The summed E-state index contributed by atoms with van der Waals surface area (Å²) in [5, 5.41) is 4.46. The molecule has 0 N–H and O–H groups in total. The predicted octanol–water partition coefficient (Wildman–Crippen LogP) is 4.14. The maximum atomic E-state index is 13.9. The van der Waals surface area contributed by atoms with Crippen LogP contribution >= 0.6 is 11.6 Å². The highest BCUT2D eigenvalue weighted by Gasteiger charge is 2.19. The van der Waals surface area contributed by atoms with E-state index in [1.165, 1.54) is 19.1 Å². The molecular weight excluding hydrogens is 313 g/mol. The number of hydrogen-bond acceptors (Lipinski definition) is 5. The molecule has 112 valence electrons. The molecule has 0 aliphatic carbocycles. The van der Waals surface area contributed by atoms with E-state index >= 15 is 0 Å². The third kappa shape index (κ3) is 2.48. The average Bonchev–Trinajstić information content (AvgIpc) is 2.91. The summed E-state index contributed by atoms with van der Waals surface area (Å²) in [6, 6.07) is 9.27. The first kappa shape index (κ1) is 14.3. The van der Waals surface area contributed by atoms with Gasteiger partial charge < -0.3 is 4.52 Å². The quantitative estimate of drug-likeness (QED) is 0.536. The number of carbonyl (C=O) groups is 1. The minimum atomic E-state index is -0.624. The topological polar surface area (TPSA) is 61.6 Å². The second kappa shape index (κ2) is 5.65. The summed E-state index contributed by atoms with van der Waals surface area (Å²) < 4.78 is 19.0. The molecule has 0 saturated heterocycles. The molecule has 5 nitrogen and oxygen atoms in total. The Kier molecular flexibility index (Phi) is 3.68. The van der Waals surface area contributed by atoms with Crippen LogP contribution in [0.4, 0.5) is 4.39 Å². The van der Waals surface area contributed by atoms with Gasteiger partial charge in [0.2, 0.25) is 5.75 Å². The van der Waals surface area contributed by atoms with Gasteiger partial charge in [-0.3, -0.25) is 9.78 Å². The van der Waals surface area contributed by atoms with Crippen LogP contribution in [0.2, 0.25) is 5.02 Å². The minimum absolute atomic E-state index is 0.0776. The maximum absolute atomic E-state index is 13.9. The molecule has 3 rings (SSSR count). The van der Waals surface area contributed by atoms with Crippen LogP contribution in [0.1, 0.15) is 6.92 Å². The molecule has 0 atom stereocenters. The molecular formula is C15H9ClFNO4. The van der Waals surface area contributed by atoms with E-state index in [2.05, 4.69) is 10.0 Å². The van der Waals surface area contributed by atoms with Crippen LogP contribution in [0, 0.1) is 5.82 Å². The van der Waals surface area contributed by atoms with Gasteiger partial charge in [-0.1, -0.05) is 28.9 Å². The molecule has 0 saturated carbocycles. The van der Waals surface area contributed by atoms with Gasteiger partial charge in [-0.25, -0.2) is 9.18 Å². The third-order valence-corrected chi connectivity index (χ3v) is 3.28. The standard InChI is InChI=1S/C15H9ClFNO4/c1-8(19)21-22-12-7-6-10-14(18-20-15(10)13(12)16)9-4-2-3-5-11(9)17/h2-7H,1H3. The number of nitrogens with zero attached hydrogens (tertiary/aromatic N) is 1. The zero-order valence-corrected chi connectivity index (χ0v) is 12.1. The lowest BCUT2D eigenvalue weighted by Crippen LogP contribution is -2.03. The Balaban J connectivity index is 2.08. The molecule has 0 aliphatic heterocycles. The van der Waals surface area contributed by atoms with E-state index in [-0.39, 0.29) is 16.4 Å². The monoisotopic (exact) mass is 321 g/mol. The van der Waals surface area contributed by atoms with E-state index in [0.717, 1.165) is 0 Å². The van der Waals surface area contributed by atoms with Crippen molar-refractivity contribution in [3.05, 3.63) is 47.2 Å². The molecule has 0 unspecified atom stereocenters. The largest absolute Gasteiger partial charge is 0.354 e. The first-order chi connectivity index (χ1) is 10.6. The van der Waals surface area contributed by atoms with E-state index < -0.39 is 11.8 Å². The highest BCUT2D eigenvalue weighted by molar-refractivity contribution is 6.36. The number of aromatic nitrogens is 1. The average molecular weight is 322 g/mol. The summed E-state index contributed by atoms with van der Waals surface area (Å²) in [6.07, 6.45) is 0. The van der Waals surface area contributed by atoms with E-state index in [0.29, 0.717) is 16.6 Å². The van der Waals surface area contributed by atoms with Crippen molar-refractivity contribution in [1.82, 2.24) is 5.16 Å². The van der Waals surface area contributed by atoms with Crippen LogP contribution in [-0.2, 0) is 9.68 Å². The van der Waals surface area contributed by atoms with Gasteiger partial charge in [0.05, 0.1) is 5.39 Å². The fourth-order valence-electron chi connectivity index (χ4n) is 1.97. The van der Waals surface area contributed by atoms with Crippen LogP contribution in [-0.4, -0.2) is 11.1 Å². The maximum Gasteiger partial charge on any atom is 0.352 e. The summed E-state index contributed by atoms with van der Waals surface area (Å²) in [7, 11) is 0. The van der Waals surface area contributed by atoms with Gasteiger partial charge in [-0.2, -0.15) is 0 Å². The van der Waals surface area contributed by atoms with Gasteiger partial charge in [0, 0.05) is 12.5 Å². The fraction of sp³-hybridized carbons (Fsp3) is 0.0667. The Morgan fingerprint density at radius 3 is 2.77 bits per heavy atom. The normalized spacial score (nSPS) is 10.7. The smallest absolute Gasteiger partial charge is 0.352 e. The lowest BCUT2D eigenvalue weighted by molar-refractivity contribution is -0.210. The molecule has 7 heteroatoms. The summed E-state index contributed by atoms with van der Waals surface area (Å²) >= 11 is 6.12. The van der Waals surface area contributed by atoms with E-state index in [9.17, 15) is 9.18 Å². The van der Waals surface area contributed by atoms with Crippen molar-refractivity contribution >= 4 is 28.5 Å². The molecule has 2 aromatic carbocycles. The van der Waals surface area contributed by atoms with Crippen LogP contribution in [0.15, 0.2) is 40.9 Å². The zero-order valence-electron chi connectivity index (χ0n) is 11.3. The van der Waals surface area contributed by atoms with Crippen LogP contribution in [0.25, 0.3) is 22.2 Å². The highest BCUT2D eigenvalue weighted by atomic mass is 35.5. The Morgan fingerprint density at radius 1 is 1.27 bits per heavy atom. The Labute approximate surface area is 129 Å². The van der Waals surface area contributed by atoms with Crippen molar-refractivity contribution in [1.29, 1.82) is 0 Å². The van der Waals surface area contributed by atoms with E-state index in [4.69, 9.17) is 21.0 Å². The molecule has 22 heavy (non-hydrogen) atoms. The number of rotatable bonds is 3. The molecule has 3 aromatic rings. The second-order valence-corrected chi connectivity index (χ2v) is 4.80. The molecule has 0 bridgehead atoms. The van der Waals surface area contributed by atoms with Crippen molar-refractivity contribution < 1.29 is 23.5 Å². The highest BCUT2D eigenvalue weighted by Crippen LogP contribution is 2.38. The number of carbonyl (C=O) groups excluding carboxylic acids is 1. The second-order valence-electron chi connectivity index (χ2n) is 4.42. The van der Waals surface area contributed by atoms with Crippen LogP contribution in [0.5, 0.6) is 5.75 Å². The molecule has 0 radical (unpaired) electrons. The molecule has 0 amide bonds. The van der Waals surface area contributed by atoms with Crippen molar-refractivity contribution in [2.75, 3.05) is 0 Å². The summed E-state index contributed by atoms with van der Waals surface area (Å²) in [5.74, 6) is -0.949. The van der Waals surface area contributed by atoms with Crippen LogP contribution < -0.4 is 4.89 Å². The van der Waals surface area contributed by atoms with Crippen molar-refractivity contribution in [3.63, 3.8) is 0 Å². The Morgan fingerprint density at radius 2 is 2.05 bits per heavy atom. The summed E-state index contributed by atoms with van der Waals surface area (Å²) in [6.45, 7) is 1.19. The van der Waals surface area contributed by atoms with Crippen LogP contribution in [0.3, 0.4) is 0 Å². The fourth-order valence-corrected chi connectivity index (χ4v) is 2.20. The van der Waals surface area contributed by atoms with Gasteiger partial charge in [0.1, 0.15) is 16.5 Å². The third-order valence-electron chi connectivity index (χ3n) is 2.92. The van der Waals surface area contributed by atoms with Crippen molar-refractivity contribution in [2.45, 2.75) is 6.92 Å². The van der Waals surface area contributed by atoms with Gasteiger partial charge in [0.15, 0.2) is 5.58 Å². The Hall–Kier alpha value is -2.60. The minimum Gasteiger partial charge on any atom is -0.354 e. The lowest BCUT2D eigenvalue weighted by atomic mass is 10.1. The lowest BCUT2D eigenvalue weighted by Gasteiger charge is -2.04. The molecule has 0 spiro atoms. The zero-order chi connectivity index (χ0) is 15.7. The SMILES string of the molecule is CC(=O)OOc1ccc2c(-c3ccccc3F)noc2c1Cl. The molecule has 0 fully saturated rings. The number of fused-ring (bicyclic) bond motifs is 1. The molecule has 1 heterocycles. The summed E-state index contributed by atoms with van der Waals surface area (Å²) in [5.41, 5.74) is 0.838. The Bertz CT molecular complexity index is 862. The molecule has 0 aliphatic rings. The first-order valence-electron chi connectivity index (χ1n) is 6.26. The predicted molar refractivity (Wildman–Crippen MR) is 76.8 cm³/mol.